The molecular formula is C28H34FN5O4. The van der Waals surface area contributed by atoms with E-state index in [-0.39, 0.29) is 29.8 Å². The first kappa shape index (κ1) is 26.1. The van der Waals surface area contributed by atoms with Crippen LogP contribution in [0.2, 0.25) is 0 Å². The summed E-state index contributed by atoms with van der Waals surface area (Å²) >= 11 is 0. The summed E-state index contributed by atoms with van der Waals surface area (Å²) in [6, 6.07) is 4.28. The van der Waals surface area contributed by atoms with Crippen LogP contribution < -0.4 is 15.4 Å². The molecule has 0 aliphatic heterocycles. The molecule has 2 aliphatic rings. The predicted molar refractivity (Wildman–Crippen MR) is 140 cm³/mol. The third-order valence-corrected chi connectivity index (χ3v) is 7.58. The van der Waals surface area contributed by atoms with E-state index in [1.165, 1.54) is 25.4 Å². The second kappa shape index (κ2) is 10.7. The number of aromatic amines is 1. The fraction of sp³-hybridized carbons (Fsp3) is 0.500. The highest BCUT2D eigenvalue weighted by Gasteiger charge is 2.32. The molecule has 4 N–H and O–H groups in total. The summed E-state index contributed by atoms with van der Waals surface area (Å²) in [7, 11) is 0. The second-order valence-corrected chi connectivity index (χ2v) is 10.7. The van der Waals surface area contributed by atoms with E-state index in [1.807, 2.05) is 13.8 Å². The molecule has 9 nitrogen and oxygen atoms in total. The Balaban J connectivity index is 1.37. The van der Waals surface area contributed by atoms with E-state index in [0.717, 1.165) is 12.8 Å². The molecule has 3 aromatic rings. The zero-order valence-corrected chi connectivity index (χ0v) is 21.9. The minimum atomic E-state index is -1.05. The highest BCUT2D eigenvalue weighted by Crippen LogP contribution is 2.37. The van der Waals surface area contributed by atoms with Gasteiger partial charge < -0.3 is 25.5 Å². The Morgan fingerprint density at radius 2 is 2.00 bits per heavy atom. The number of ether oxygens (including phenoxy) is 1. The van der Waals surface area contributed by atoms with Gasteiger partial charge in [-0.05, 0) is 76.0 Å². The molecule has 2 amide bonds. The van der Waals surface area contributed by atoms with Crippen molar-refractivity contribution in [2.24, 2.45) is 11.8 Å². The molecule has 2 fully saturated rings. The normalized spacial score (nSPS) is 22.2. The van der Waals surface area contributed by atoms with Crippen molar-refractivity contribution >= 4 is 22.8 Å². The molecule has 0 saturated heterocycles. The summed E-state index contributed by atoms with van der Waals surface area (Å²) in [4.78, 5) is 37.4. The van der Waals surface area contributed by atoms with E-state index in [4.69, 9.17) is 4.74 Å². The number of carbonyl (C=O) groups excluding carboxylic acids is 2. The van der Waals surface area contributed by atoms with Crippen molar-refractivity contribution in [1.82, 2.24) is 25.6 Å². The largest absolute Gasteiger partial charge is 0.493 e. The molecule has 10 heteroatoms. The van der Waals surface area contributed by atoms with Crippen LogP contribution in [0, 0.1) is 24.6 Å². The third-order valence-electron chi connectivity index (χ3n) is 7.58. The number of aromatic nitrogens is 3. The lowest BCUT2D eigenvalue weighted by Gasteiger charge is -2.35. The van der Waals surface area contributed by atoms with E-state index in [9.17, 15) is 19.1 Å². The number of H-pyrrole nitrogens is 1. The molecule has 0 unspecified atom stereocenters. The molecular weight excluding hydrogens is 489 g/mol. The molecule has 2 saturated carbocycles. The van der Waals surface area contributed by atoms with Crippen LogP contribution in [0.5, 0.6) is 5.75 Å². The van der Waals surface area contributed by atoms with E-state index in [1.54, 1.807) is 6.07 Å². The number of nitrogens with one attached hydrogen (secondary N) is 3. The zero-order chi connectivity index (χ0) is 27.0. The van der Waals surface area contributed by atoms with E-state index < -0.39 is 11.9 Å². The second-order valence-electron chi connectivity index (χ2n) is 10.7. The average Bonchev–Trinajstić information content (AvgIpc) is 3.64. The van der Waals surface area contributed by atoms with Crippen molar-refractivity contribution in [2.75, 3.05) is 6.61 Å². The van der Waals surface area contributed by atoms with Crippen molar-refractivity contribution in [3.8, 4) is 17.0 Å². The minimum Gasteiger partial charge on any atom is -0.493 e. The topological polar surface area (TPSA) is 129 Å². The Morgan fingerprint density at radius 1 is 1.21 bits per heavy atom. The maximum Gasteiger partial charge on any atom is 0.255 e. The molecule has 1 aromatic carbocycles. The number of aliphatic hydroxyl groups is 1. The Bertz CT molecular complexity index is 1350. The van der Waals surface area contributed by atoms with Gasteiger partial charge in [0.05, 0.1) is 17.7 Å². The number of nitrogens with zero attached hydrogens (tertiary/aromatic N) is 2. The fourth-order valence-corrected chi connectivity index (χ4v) is 5.21. The SMILES string of the molecule is Cc1[nH]c2c(-c3cc(F)ccc3OCC3CC3)ncnc2c1C(=O)N[C@H]1CC[C@H](NC(=O)[C@H](C)O)C[C@H]1C. The van der Waals surface area contributed by atoms with Crippen LogP contribution in [0.4, 0.5) is 4.39 Å². The predicted octanol–water partition coefficient (Wildman–Crippen LogP) is 3.65. The Kier molecular flexibility index (Phi) is 7.34. The summed E-state index contributed by atoms with van der Waals surface area (Å²) < 4.78 is 20.3. The summed E-state index contributed by atoms with van der Waals surface area (Å²) in [6.45, 7) is 5.87. The van der Waals surface area contributed by atoms with Gasteiger partial charge in [-0.2, -0.15) is 0 Å². The number of fused-ring (bicyclic) bond motifs is 1. The zero-order valence-electron chi connectivity index (χ0n) is 21.9. The lowest BCUT2D eigenvalue weighted by atomic mass is 9.82. The summed E-state index contributed by atoms with van der Waals surface area (Å²) in [6.07, 6.45) is 4.72. The Morgan fingerprint density at radius 3 is 2.71 bits per heavy atom. The number of amides is 2. The van der Waals surface area contributed by atoms with Crippen LogP contribution in [0.3, 0.4) is 0 Å². The standard InChI is InChI=1S/C28H34FN5O4/c1-14-10-19(33-27(36)16(3)35)7-8-21(14)34-28(37)23-15(2)32-26-24(30-13-31-25(23)26)20-11-18(29)6-9-22(20)38-12-17-4-5-17/h6,9,11,13-14,16-17,19,21,32,35H,4-5,7-8,10,12H2,1-3H3,(H,33,36)(H,34,37)/t14-,16+,19+,21+/m1/s1. The molecule has 202 valence electrons. The van der Waals surface area contributed by atoms with Gasteiger partial charge in [0.2, 0.25) is 5.91 Å². The van der Waals surface area contributed by atoms with Crippen molar-refractivity contribution in [1.29, 1.82) is 0 Å². The molecule has 38 heavy (non-hydrogen) atoms. The van der Waals surface area contributed by atoms with Gasteiger partial charge in [0.25, 0.3) is 5.91 Å². The lowest BCUT2D eigenvalue weighted by Crippen LogP contribution is -2.49. The number of hydrogen-bond donors (Lipinski definition) is 4. The monoisotopic (exact) mass is 523 g/mol. The van der Waals surface area contributed by atoms with E-state index >= 15 is 0 Å². The lowest BCUT2D eigenvalue weighted by molar-refractivity contribution is -0.129. The number of rotatable bonds is 8. The average molecular weight is 524 g/mol. The van der Waals surface area contributed by atoms with Crippen molar-refractivity contribution in [3.63, 3.8) is 0 Å². The number of benzene rings is 1. The number of carbonyl (C=O) groups is 2. The summed E-state index contributed by atoms with van der Waals surface area (Å²) in [5.74, 6) is 0.181. The van der Waals surface area contributed by atoms with Gasteiger partial charge in [0.1, 0.15) is 35.2 Å². The van der Waals surface area contributed by atoms with Crippen LogP contribution in [0.1, 0.15) is 62.0 Å². The third kappa shape index (κ3) is 5.50. The molecule has 4 atom stereocenters. The highest BCUT2D eigenvalue weighted by molar-refractivity contribution is 6.09. The van der Waals surface area contributed by atoms with Crippen molar-refractivity contribution in [3.05, 3.63) is 41.6 Å². The molecule has 0 radical (unpaired) electrons. The molecule has 5 rings (SSSR count). The first-order chi connectivity index (χ1) is 18.2. The molecule has 0 spiro atoms. The van der Waals surface area contributed by atoms with E-state index in [2.05, 4.69) is 25.6 Å². The van der Waals surface area contributed by atoms with E-state index in [0.29, 0.717) is 71.1 Å². The quantitative estimate of drug-likeness (QED) is 0.357. The number of halogens is 1. The summed E-state index contributed by atoms with van der Waals surface area (Å²) in [5.41, 5.74) is 3.07. The first-order valence-corrected chi connectivity index (χ1v) is 13.3. The van der Waals surface area contributed by atoms with Crippen LogP contribution >= 0.6 is 0 Å². The minimum absolute atomic E-state index is 0.0343. The van der Waals surface area contributed by atoms with Crippen LogP contribution in [-0.2, 0) is 4.79 Å². The Hall–Kier alpha value is -3.53. The van der Waals surface area contributed by atoms with Crippen LogP contribution in [-0.4, -0.2) is 56.7 Å². The Labute approximate surface area is 220 Å². The molecule has 2 aromatic heterocycles. The molecule has 2 aliphatic carbocycles. The van der Waals surface area contributed by atoms with Gasteiger partial charge in [-0.25, -0.2) is 14.4 Å². The molecule has 2 heterocycles. The number of hydrogen-bond acceptors (Lipinski definition) is 6. The van der Waals surface area contributed by atoms with Crippen molar-refractivity contribution < 1.29 is 23.8 Å². The number of aliphatic hydroxyl groups excluding tert-OH is 1. The van der Waals surface area contributed by atoms with Gasteiger partial charge in [0.15, 0.2) is 0 Å². The van der Waals surface area contributed by atoms with Gasteiger partial charge in [0, 0.05) is 23.3 Å². The van der Waals surface area contributed by atoms with Crippen molar-refractivity contribution in [2.45, 2.75) is 71.1 Å². The van der Waals surface area contributed by atoms with Gasteiger partial charge >= 0.3 is 0 Å². The van der Waals surface area contributed by atoms with Gasteiger partial charge in [-0.3, -0.25) is 9.59 Å². The van der Waals surface area contributed by atoms with Crippen LogP contribution in [0.15, 0.2) is 24.5 Å². The summed E-state index contributed by atoms with van der Waals surface area (Å²) in [5, 5.41) is 15.5. The van der Waals surface area contributed by atoms with Gasteiger partial charge in [-0.1, -0.05) is 6.92 Å². The highest BCUT2D eigenvalue weighted by atomic mass is 19.1. The number of aryl methyl sites for hydroxylation is 1. The fourth-order valence-electron chi connectivity index (χ4n) is 5.21. The smallest absolute Gasteiger partial charge is 0.255 e. The first-order valence-electron chi connectivity index (χ1n) is 13.3. The maximum atomic E-state index is 14.3. The van der Waals surface area contributed by atoms with Crippen LogP contribution in [0.25, 0.3) is 22.3 Å². The molecule has 0 bridgehead atoms. The van der Waals surface area contributed by atoms with Gasteiger partial charge in [-0.15, -0.1) is 0 Å². The maximum absolute atomic E-state index is 14.3.